The first-order valence-corrected chi connectivity index (χ1v) is 14.5. The van der Waals surface area contributed by atoms with Crippen LogP contribution in [0.1, 0.15) is 43.4 Å². The number of rotatable bonds is 12. The Balaban J connectivity index is 2.04. The zero-order chi connectivity index (χ0) is 28.6. The first-order chi connectivity index (χ1) is 18.6. The van der Waals surface area contributed by atoms with Gasteiger partial charge in [-0.05, 0) is 62.6 Å². The number of halogens is 1. The molecule has 7 nitrogen and oxygen atoms in total. The van der Waals surface area contributed by atoms with Crippen LogP contribution in [0.15, 0.2) is 77.7 Å². The van der Waals surface area contributed by atoms with Crippen molar-refractivity contribution in [1.29, 1.82) is 0 Å². The molecule has 208 valence electrons. The van der Waals surface area contributed by atoms with Gasteiger partial charge in [-0.15, -0.1) is 0 Å². The maximum absolute atomic E-state index is 14.6. The van der Waals surface area contributed by atoms with E-state index >= 15 is 0 Å². The quantitative estimate of drug-likeness (QED) is 0.321. The molecule has 0 spiro atoms. The van der Waals surface area contributed by atoms with Crippen LogP contribution in [0.4, 0.5) is 10.1 Å². The minimum absolute atomic E-state index is 0.0321. The van der Waals surface area contributed by atoms with Gasteiger partial charge in [0.15, 0.2) is 0 Å². The van der Waals surface area contributed by atoms with Crippen molar-refractivity contribution in [3.05, 3.63) is 95.3 Å². The summed E-state index contributed by atoms with van der Waals surface area (Å²) < 4.78 is 43.4. The van der Waals surface area contributed by atoms with Crippen molar-refractivity contribution in [2.75, 3.05) is 17.4 Å². The topological polar surface area (TPSA) is 86.8 Å². The minimum atomic E-state index is -4.16. The summed E-state index contributed by atoms with van der Waals surface area (Å²) in [6, 6.07) is 18.2. The third-order valence-electron chi connectivity index (χ3n) is 6.75. The van der Waals surface area contributed by atoms with Crippen LogP contribution in [-0.4, -0.2) is 44.3 Å². The number of carbonyl (C=O) groups excluding carboxylic acids is 2. The Labute approximate surface area is 230 Å². The van der Waals surface area contributed by atoms with Crippen LogP contribution in [0, 0.1) is 19.7 Å². The van der Waals surface area contributed by atoms with Crippen LogP contribution >= 0.6 is 0 Å². The van der Waals surface area contributed by atoms with E-state index in [4.69, 9.17) is 0 Å². The van der Waals surface area contributed by atoms with Crippen molar-refractivity contribution in [1.82, 2.24) is 10.2 Å². The van der Waals surface area contributed by atoms with E-state index in [1.54, 1.807) is 62.4 Å². The van der Waals surface area contributed by atoms with Gasteiger partial charge in [0, 0.05) is 18.7 Å². The molecule has 3 aromatic carbocycles. The third-order valence-corrected chi connectivity index (χ3v) is 8.52. The molecule has 9 heteroatoms. The predicted octanol–water partition coefficient (Wildman–Crippen LogP) is 4.97. The number of sulfonamides is 1. The molecule has 0 unspecified atom stereocenters. The van der Waals surface area contributed by atoms with Crippen molar-refractivity contribution >= 4 is 27.5 Å². The molecule has 1 N–H and O–H groups in total. The number of benzene rings is 3. The van der Waals surface area contributed by atoms with Crippen molar-refractivity contribution in [2.45, 2.75) is 58.0 Å². The van der Waals surface area contributed by atoms with Crippen LogP contribution in [0.2, 0.25) is 0 Å². The van der Waals surface area contributed by atoms with Crippen LogP contribution < -0.4 is 9.62 Å². The van der Waals surface area contributed by atoms with Gasteiger partial charge in [-0.2, -0.15) is 0 Å². The average molecular weight is 554 g/mol. The Morgan fingerprint density at radius 3 is 2.28 bits per heavy atom. The van der Waals surface area contributed by atoms with E-state index in [1.807, 2.05) is 19.9 Å². The number of nitrogens with zero attached hydrogens (tertiary/aromatic N) is 2. The van der Waals surface area contributed by atoms with Gasteiger partial charge in [0.2, 0.25) is 11.8 Å². The smallest absolute Gasteiger partial charge is 0.264 e. The van der Waals surface area contributed by atoms with Crippen LogP contribution in [0.25, 0.3) is 0 Å². The summed E-state index contributed by atoms with van der Waals surface area (Å²) in [5, 5.41) is 2.82. The molecule has 3 aromatic rings. The zero-order valence-electron chi connectivity index (χ0n) is 22.9. The number of amides is 2. The fourth-order valence-corrected chi connectivity index (χ4v) is 5.66. The lowest BCUT2D eigenvalue weighted by Crippen LogP contribution is -2.51. The second-order valence-electron chi connectivity index (χ2n) is 9.48. The van der Waals surface area contributed by atoms with Crippen molar-refractivity contribution in [3.8, 4) is 0 Å². The van der Waals surface area contributed by atoms with E-state index in [1.165, 1.54) is 23.1 Å². The van der Waals surface area contributed by atoms with Gasteiger partial charge in [-0.25, -0.2) is 12.8 Å². The number of aryl methyl sites for hydroxylation is 1. The van der Waals surface area contributed by atoms with E-state index in [-0.39, 0.29) is 17.0 Å². The number of anilines is 1. The molecule has 0 aliphatic carbocycles. The standard InChI is InChI=1S/C30H36FN3O4S/c1-5-6-19-32-30(36)24(4)33(20-25-14-10-11-17-27(25)31)29(35)21-34(28-18-12-13-22(2)23(28)3)39(37,38)26-15-8-7-9-16-26/h7-18,24H,5-6,19-21H2,1-4H3,(H,32,36)/t24-/m1/s1. The summed E-state index contributed by atoms with van der Waals surface area (Å²) in [4.78, 5) is 28.2. The van der Waals surface area contributed by atoms with E-state index < -0.39 is 40.2 Å². The van der Waals surface area contributed by atoms with Gasteiger partial charge in [0.05, 0.1) is 10.6 Å². The minimum Gasteiger partial charge on any atom is -0.354 e. The van der Waals surface area contributed by atoms with Gasteiger partial charge in [-0.3, -0.25) is 13.9 Å². The number of unbranched alkanes of at least 4 members (excludes halogenated alkanes) is 1. The van der Waals surface area contributed by atoms with E-state index in [0.717, 1.165) is 22.7 Å². The highest BCUT2D eigenvalue weighted by molar-refractivity contribution is 7.92. The maximum atomic E-state index is 14.6. The molecule has 0 radical (unpaired) electrons. The number of carbonyl (C=O) groups is 2. The summed E-state index contributed by atoms with van der Waals surface area (Å²) in [6.07, 6.45) is 1.66. The Morgan fingerprint density at radius 1 is 0.949 bits per heavy atom. The van der Waals surface area contributed by atoms with E-state index in [9.17, 15) is 22.4 Å². The molecule has 0 aliphatic rings. The second kappa shape index (κ2) is 13.4. The molecule has 1 atom stereocenters. The highest BCUT2D eigenvalue weighted by Gasteiger charge is 2.33. The lowest BCUT2D eigenvalue weighted by Gasteiger charge is -2.32. The van der Waals surface area contributed by atoms with Gasteiger partial charge in [-0.1, -0.05) is 61.9 Å². The maximum Gasteiger partial charge on any atom is 0.264 e. The summed E-state index contributed by atoms with van der Waals surface area (Å²) in [7, 11) is -4.16. The van der Waals surface area contributed by atoms with Crippen molar-refractivity contribution in [2.24, 2.45) is 0 Å². The van der Waals surface area contributed by atoms with Crippen LogP contribution in [0.3, 0.4) is 0 Å². The fourth-order valence-electron chi connectivity index (χ4n) is 4.17. The average Bonchev–Trinajstić information content (AvgIpc) is 2.93. The largest absolute Gasteiger partial charge is 0.354 e. The van der Waals surface area contributed by atoms with Crippen molar-refractivity contribution in [3.63, 3.8) is 0 Å². The Morgan fingerprint density at radius 2 is 1.62 bits per heavy atom. The van der Waals surface area contributed by atoms with E-state index in [0.29, 0.717) is 17.8 Å². The normalized spacial score (nSPS) is 12.0. The highest BCUT2D eigenvalue weighted by atomic mass is 32.2. The second-order valence-corrected chi connectivity index (χ2v) is 11.3. The third kappa shape index (κ3) is 7.23. The number of hydrogen-bond donors (Lipinski definition) is 1. The van der Waals surface area contributed by atoms with Gasteiger partial charge < -0.3 is 10.2 Å². The van der Waals surface area contributed by atoms with Crippen LogP contribution in [-0.2, 0) is 26.2 Å². The summed E-state index contributed by atoms with van der Waals surface area (Å²) in [6.45, 7) is 6.90. The number of hydrogen-bond acceptors (Lipinski definition) is 4. The molecular weight excluding hydrogens is 517 g/mol. The highest BCUT2D eigenvalue weighted by Crippen LogP contribution is 2.29. The molecule has 0 saturated carbocycles. The van der Waals surface area contributed by atoms with Gasteiger partial charge in [0.25, 0.3) is 10.0 Å². The summed E-state index contributed by atoms with van der Waals surface area (Å²) in [5.41, 5.74) is 2.15. The monoisotopic (exact) mass is 553 g/mol. The van der Waals surface area contributed by atoms with Crippen LogP contribution in [0.5, 0.6) is 0 Å². The Bertz CT molecular complexity index is 1400. The molecule has 0 bridgehead atoms. The molecule has 3 rings (SSSR count). The zero-order valence-corrected chi connectivity index (χ0v) is 23.7. The lowest BCUT2D eigenvalue weighted by atomic mass is 10.1. The van der Waals surface area contributed by atoms with E-state index in [2.05, 4.69) is 5.32 Å². The molecule has 0 aliphatic heterocycles. The predicted molar refractivity (Wildman–Crippen MR) is 151 cm³/mol. The lowest BCUT2D eigenvalue weighted by molar-refractivity contribution is -0.139. The van der Waals surface area contributed by atoms with Gasteiger partial charge >= 0.3 is 0 Å². The van der Waals surface area contributed by atoms with Gasteiger partial charge in [0.1, 0.15) is 18.4 Å². The summed E-state index contributed by atoms with van der Waals surface area (Å²) in [5.74, 6) is -1.54. The Kier molecular flexibility index (Phi) is 10.2. The molecule has 0 fully saturated rings. The molecular formula is C30H36FN3O4S. The number of nitrogens with one attached hydrogen (secondary N) is 1. The SMILES string of the molecule is CCCCNC(=O)[C@@H](C)N(Cc1ccccc1F)C(=O)CN(c1cccc(C)c1C)S(=O)(=O)c1ccccc1. The molecule has 0 saturated heterocycles. The molecule has 2 amide bonds. The first-order valence-electron chi connectivity index (χ1n) is 13.0. The molecule has 0 aromatic heterocycles. The summed E-state index contributed by atoms with van der Waals surface area (Å²) >= 11 is 0. The first kappa shape index (κ1) is 29.8. The fraction of sp³-hybridized carbons (Fsp3) is 0.333. The van der Waals surface area contributed by atoms with Crippen molar-refractivity contribution < 1.29 is 22.4 Å². The molecule has 0 heterocycles. The molecule has 39 heavy (non-hydrogen) atoms. The Hall–Kier alpha value is -3.72.